The van der Waals surface area contributed by atoms with Gasteiger partial charge < -0.3 is 24.5 Å². The number of nitro groups is 1. The number of rotatable bonds is 5. The van der Waals surface area contributed by atoms with Crippen LogP contribution in [0.4, 0.5) is 10.5 Å². The van der Waals surface area contributed by atoms with Crippen molar-refractivity contribution in [2.75, 3.05) is 14.2 Å². The van der Waals surface area contributed by atoms with Crippen LogP contribution < -0.4 is 154 Å². The molecule has 0 aliphatic carbocycles. The molecule has 0 radical (unpaired) electrons. The van der Waals surface area contributed by atoms with E-state index < -0.39 is 41.8 Å². The van der Waals surface area contributed by atoms with Crippen molar-refractivity contribution in [3.8, 4) is 0 Å². The Labute approximate surface area is 280 Å². The summed E-state index contributed by atoms with van der Waals surface area (Å²) in [6.07, 6.45) is -2.33. The normalized spacial score (nSPS) is 9.17. The third-order valence-corrected chi connectivity index (χ3v) is 3.24. The molecular formula is C14H13Cs2N3O10. The summed E-state index contributed by atoms with van der Waals surface area (Å²) in [7, 11) is 2.29. The van der Waals surface area contributed by atoms with Crippen molar-refractivity contribution in [1.82, 2.24) is 9.13 Å². The smallest absolute Gasteiger partial charge is 0.652 e. The van der Waals surface area contributed by atoms with Crippen molar-refractivity contribution in [1.29, 1.82) is 0 Å². The number of hydrogen-bond acceptors (Lipinski definition) is 10. The molecule has 0 amide bonds. The third kappa shape index (κ3) is 9.07. The van der Waals surface area contributed by atoms with E-state index in [9.17, 15) is 24.5 Å². The van der Waals surface area contributed by atoms with Crippen LogP contribution in [0.5, 0.6) is 0 Å². The zero-order valence-corrected chi connectivity index (χ0v) is 28.6. The minimum Gasteiger partial charge on any atom is -0.652 e. The Morgan fingerprint density at radius 1 is 1.00 bits per heavy atom. The molecule has 15 heteroatoms. The number of fused-ring (bicyclic) bond motifs is 1. The maximum absolute atomic E-state index is 12.5. The van der Waals surface area contributed by atoms with Crippen LogP contribution in [0.1, 0.15) is 0 Å². The number of non-ortho nitro benzene ring substituents is 1. The summed E-state index contributed by atoms with van der Waals surface area (Å²) in [6.45, 7) is -0.938. The predicted molar refractivity (Wildman–Crippen MR) is 82.3 cm³/mol. The number of nitro benzene ring substituents is 1. The van der Waals surface area contributed by atoms with Crippen LogP contribution in [0.2, 0.25) is 0 Å². The summed E-state index contributed by atoms with van der Waals surface area (Å²) in [5, 5.41) is 27.9. The third-order valence-electron chi connectivity index (χ3n) is 3.24. The number of carbonyl (C=O) groups excluding carboxylic acids is 3. The SMILES string of the molecule is COC(=O)Cn1c(=O)n(CC(=O)OC)c2c([N+](=O)[O-])cccc21.O=C([O-])[O-].[Cs+].[Cs+]. The van der Waals surface area contributed by atoms with Crippen molar-refractivity contribution in [2.24, 2.45) is 0 Å². The molecule has 0 spiro atoms. The second kappa shape index (κ2) is 15.1. The number of carbonyl (C=O) groups is 3. The number of aromatic nitrogens is 2. The Hall–Kier alpha value is 0.204. The molecule has 0 aliphatic rings. The van der Waals surface area contributed by atoms with E-state index in [1.807, 2.05) is 0 Å². The second-order valence-corrected chi connectivity index (χ2v) is 4.76. The van der Waals surface area contributed by atoms with Gasteiger partial charge in [0.2, 0.25) is 0 Å². The van der Waals surface area contributed by atoms with Crippen molar-refractivity contribution >= 4 is 34.8 Å². The molecule has 29 heavy (non-hydrogen) atoms. The topological polar surface area (TPSA) is 186 Å². The van der Waals surface area contributed by atoms with Crippen LogP contribution in [-0.2, 0) is 32.2 Å². The molecule has 2 aromatic rings. The van der Waals surface area contributed by atoms with Gasteiger partial charge in [-0.1, -0.05) is 6.07 Å². The molecule has 0 saturated heterocycles. The summed E-state index contributed by atoms with van der Waals surface area (Å²) in [5.74, 6) is -1.45. The summed E-state index contributed by atoms with van der Waals surface area (Å²) >= 11 is 0. The molecule has 0 unspecified atom stereocenters. The standard InChI is InChI=1S/C13H13N3O7.CH2O3.2Cs/c1-22-10(17)6-14-8-4-3-5-9(16(20)21)12(8)15(13(14)19)7-11(18)23-2;2-1(3)4;;/h3-5H,6-7H2,1-2H3;(H2,2,3,4);;/q;;2*+1/p-2. The quantitative estimate of drug-likeness (QED) is 0.171. The summed E-state index contributed by atoms with van der Waals surface area (Å²) in [4.78, 5) is 54.3. The molecule has 146 valence electrons. The van der Waals surface area contributed by atoms with Crippen LogP contribution in [0.3, 0.4) is 0 Å². The van der Waals surface area contributed by atoms with Gasteiger partial charge in [-0.05, 0) is 12.2 Å². The van der Waals surface area contributed by atoms with E-state index in [1.165, 1.54) is 18.2 Å². The number of methoxy groups -OCH3 is 2. The van der Waals surface area contributed by atoms with Gasteiger partial charge in [0.1, 0.15) is 18.6 Å². The molecule has 0 aliphatic heterocycles. The van der Waals surface area contributed by atoms with Crippen molar-refractivity contribution in [3.63, 3.8) is 0 Å². The largest absolute Gasteiger partial charge is 1.00 e. The fourth-order valence-electron chi connectivity index (χ4n) is 2.19. The Morgan fingerprint density at radius 3 is 1.86 bits per heavy atom. The number of benzene rings is 1. The monoisotopic (exact) mass is 649 g/mol. The molecule has 0 bridgehead atoms. The van der Waals surface area contributed by atoms with E-state index in [4.69, 9.17) is 15.0 Å². The van der Waals surface area contributed by atoms with E-state index >= 15 is 0 Å². The second-order valence-electron chi connectivity index (χ2n) is 4.76. The average molecular weight is 649 g/mol. The number of imidazole rings is 1. The number of esters is 2. The van der Waals surface area contributed by atoms with E-state index in [-0.39, 0.29) is 155 Å². The van der Waals surface area contributed by atoms with Crippen LogP contribution in [0, 0.1) is 10.1 Å². The molecule has 2 rings (SSSR count). The zero-order valence-electron chi connectivity index (χ0n) is 16.1. The number of nitrogens with zero attached hydrogens (tertiary/aromatic N) is 3. The molecule has 0 N–H and O–H groups in total. The number of para-hydroxylation sites is 1. The molecule has 0 atom stereocenters. The van der Waals surface area contributed by atoms with Gasteiger partial charge in [-0.2, -0.15) is 0 Å². The van der Waals surface area contributed by atoms with Crippen LogP contribution in [-0.4, -0.2) is 46.4 Å². The van der Waals surface area contributed by atoms with Crippen molar-refractivity contribution < 1.29 is 177 Å². The van der Waals surface area contributed by atoms with Gasteiger partial charge in [-0.3, -0.25) is 28.8 Å². The van der Waals surface area contributed by atoms with Gasteiger partial charge in [0.15, 0.2) is 0 Å². The molecule has 1 aromatic heterocycles. The van der Waals surface area contributed by atoms with Gasteiger partial charge in [0.25, 0.3) is 5.69 Å². The minimum atomic E-state index is -2.33. The molecule has 0 fully saturated rings. The van der Waals surface area contributed by atoms with Crippen LogP contribution in [0.25, 0.3) is 11.0 Å². The van der Waals surface area contributed by atoms with Crippen molar-refractivity contribution in [3.05, 3.63) is 38.8 Å². The first-order chi connectivity index (χ1) is 12.6. The number of ether oxygens (including phenoxy) is 2. The van der Waals surface area contributed by atoms with Gasteiger partial charge >= 0.3 is 155 Å². The Bertz CT molecular complexity index is 949. The average Bonchev–Trinajstić information content (AvgIpc) is 2.86. The van der Waals surface area contributed by atoms with Crippen molar-refractivity contribution in [2.45, 2.75) is 13.1 Å². The molecule has 1 heterocycles. The van der Waals surface area contributed by atoms with E-state index in [0.717, 1.165) is 23.4 Å². The van der Waals surface area contributed by atoms with E-state index in [0.29, 0.717) is 0 Å². The summed E-state index contributed by atoms with van der Waals surface area (Å²) < 4.78 is 10.9. The summed E-state index contributed by atoms with van der Waals surface area (Å²) in [6, 6.07) is 4.04. The first kappa shape index (κ1) is 31.4. The number of hydrogen-bond donors (Lipinski definition) is 0. The fraction of sp³-hybridized carbons (Fsp3) is 0.286. The fourth-order valence-corrected chi connectivity index (χ4v) is 2.19. The Kier molecular flexibility index (Phi) is 16.3. The Morgan fingerprint density at radius 2 is 1.45 bits per heavy atom. The first-order valence-electron chi connectivity index (χ1n) is 7.02. The predicted octanol–water partition coefficient (Wildman–Crippen LogP) is -8.38. The maximum Gasteiger partial charge on any atom is 1.00 e. The van der Waals surface area contributed by atoms with E-state index in [1.54, 1.807) is 0 Å². The van der Waals surface area contributed by atoms with Crippen LogP contribution >= 0.6 is 0 Å². The number of carboxylic acid groups (broad SMARTS) is 2. The first-order valence-corrected chi connectivity index (χ1v) is 7.02. The molecule has 13 nitrogen and oxygen atoms in total. The van der Waals surface area contributed by atoms with Gasteiger partial charge in [-0.25, -0.2) is 4.79 Å². The molecular weight excluding hydrogens is 636 g/mol. The van der Waals surface area contributed by atoms with Gasteiger partial charge in [0, 0.05) is 6.07 Å². The zero-order chi connectivity index (χ0) is 20.7. The molecule has 0 saturated carbocycles. The summed E-state index contributed by atoms with van der Waals surface area (Å²) in [5.41, 5.74) is -1.01. The Balaban J connectivity index is 0. The molecule has 1 aromatic carbocycles. The van der Waals surface area contributed by atoms with Crippen LogP contribution in [0.15, 0.2) is 23.0 Å². The van der Waals surface area contributed by atoms with Gasteiger partial charge in [-0.15, -0.1) is 0 Å². The van der Waals surface area contributed by atoms with E-state index in [2.05, 4.69) is 9.47 Å². The maximum atomic E-state index is 12.5. The van der Waals surface area contributed by atoms with Gasteiger partial charge in [0.05, 0.1) is 24.7 Å². The minimum absolute atomic E-state index is 0.